The molecule has 1 unspecified atom stereocenters. The Bertz CT molecular complexity index is 742. The van der Waals surface area contributed by atoms with Crippen LogP contribution in [0.4, 0.5) is 5.69 Å². The molecule has 4 aliphatic carbocycles. The van der Waals surface area contributed by atoms with Crippen LogP contribution >= 0.6 is 11.6 Å². The zero-order chi connectivity index (χ0) is 18.6. The molecule has 6 rings (SSSR count). The van der Waals surface area contributed by atoms with Crippen LogP contribution in [0.1, 0.15) is 51.4 Å². The minimum absolute atomic E-state index is 0.0761. The molecule has 1 N–H and O–H groups in total. The first kappa shape index (κ1) is 17.5. The Morgan fingerprint density at radius 2 is 1.74 bits per heavy atom. The third kappa shape index (κ3) is 3.06. The summed E-state index contributed by atoms with van der Waals surface area (Å²) in [5.74, 6) is 2.41. The van der Waals surface area contributed by atoms with Gasteiger partial charge in [-0.15, -0.1) is 0 Å². The van der Waals surface area contributed by atoms with E-state index in [2.05, 4.69) is 5.32 Å². The van der Waals surface area contributed by atoms with Crippen LogP contribution in [0.15, 0.2) is 24.3 Å². The van der Waals surface area contributed by atoms with Gasteiger partial charge in [-0.05, 0) is 87.3 Å². The van der Waals surface area contributed by atoms with Crippen LogP contribution in [0.25, 0.3) is 0 Å². The van der Waals surface area contributed by atoms with Crippen molar-refractivity contribution in [3.8, 4) is 0 Å². The van der Waals surface area contributed by atoms with E-state index >= 15 is 0 Å². The van der Waals surface area contributed by atoms with Gasteiger partial charge in [-0.1, -0.05) is 17.7 Å². The van der Waals surface area contributed by atoms with E-state index in [9.17, 15) is 9.59 Å². The number of anilines is 1. The number of carbonyl (C=O) groups is 2. The zero-order valence-electron chi connectivity index (χ0n) is 15.6. The lowest BCUT2D eigenvalue weighted by atomic mass is 9.49. The van der Waals surface area contributed by atoms with E-state index in [1.807, 2.05) is 17.0 Å². The highest BCUT2D eigenvalue weighted by Crippen LogP contribution is 2.60. The molecule has 0 spiro atoms. The summed E-state index contributed by atoms with van der Waals surface area (Å²) in [4.78, 5) is 28.5. The molecule has 1 heterocycles. The van der Waals surface area contributed by atoms with Gasteiger partial charge >= 0.3 is 0 Å². The van der Waals surface area contributed by atoms with Crippen molar-refractivity contribution in [1.29, 1.82) is 0 Å². The maximum Gasteiger partial charge on any atom is 0.247 e. The topological polar surface area (TPSA) is 49.4 Å². The monoisotopic (exact) mass is 386 g/mol. The lowest BCUT2D eigenvalue weighted by Gasteiger charge is -2.56. The number of halogens is 1. The second-order valence-electron chi connectivity index (χ2n) is 9.35. The summed E-state index contributed by atoms with van der Waals surface area (Å²) in [5.41, 5.74) is 0.523. The van der Waals surface area contributed by atoms with Crippen molar-refractivity contribution >= 4 is 29.1 Å². The lowest BCUT2D eigenvalue weighted by molar-refractivity contribution is -0.160. The van der Waals surface area contributed by atoms with Crippen LogP contribution in [-0.4, -0.2) is 29.3 Å². The molecule has 0 radical (unpaired) electrons. The Labute approximate surface area is 165 Å². The molecule has 1 atom stereocenters. The Kier molecular flexibility index (Phi) is 4.23. The fraction of sp³-hybridized carbons (Fsp3) is 0.636. The predicted molar refractivity (Wildman–Crippen MR) is 105 cm³/mol. The Hall–Kier alpha value is -1.55. The van der Waals surface area contributed by atoms with Gasteiger partial charge in [0.25, 0.3) is 0 Å². The van der Waals surface area contributed by atoms with Crippen LogP contribution in [0.5, 0.6) is 0 Å². The standard InChI is InChI=1S/C22H27ClN2O2/c23-17-3-1-4-18(10-17)24-20(26)19-5-2-6-25(19)21(27)22-11-14-7-15(12-22)9-16(8-14)13-22/h1,3-4,10,14-16,19H,2,5-9,11-13H2,(H,24,26). The molecule has 1 aliphatic heterocycles. The van der Waals surface area contributed by atoms with Crippen LogP contribution in [-0.2, 0) is 9.59 Å². The molecule has 4 bridgehead atoms. The van der Waals surface area contributed by atoms with E-state index in [4.69, 9.17) is 11.6 Å². The molecule has 5 aliphatic rings. The third-order valence-electron chi connectivity index (χ3n) is 7.40. The number of benzene rings is 1. The normalized spacial score (nSPS) is 36.9. The predicted octanol–water partition coefficient (Wildman–Crippen LogP) is 4.49. The number of rotatable bonds is 3. The quantitative estimate of drug-likeness (QED) is 0.832. The Balaban J connectivity index is 1.33. The highest BCUT2D eigenvalue weighted by Gasteiger charge is 2.56. The first-order chi connectivity index (χ1) is 13.0. The molecule has 0 aromatic heterocycles. The Morgan fingerprint density at radius 3 is 2.37 bits per heavy atom. The van der Waals surface area contributed by atoms with E-state index in [1.165, 1.54) is 19.3 Å². The second-order valence-corrected chi connectivity index (χ2v) is 9.79. The van der Waals surface area contributed by atoms with Gasteiger partial charge in [0.1, 0.15) is 6.04 Å². The van der Waals surface area contributed by atoms with Gasteiger partial charge in [0, 0.05) is 17.3 Å². The van der Waals surface area contributed by atoms with E-state index < -0.39 is 0 Å². The maximum atomic E-state index is 13.6. The summed E-state index contributed by atoms with van der Waals surface area (Å²) in [6.07, 6.45) is 8.79. The molecule has 1 aromatic rings. The molecule has 1 saturated heterocycles. The minimum atomic E-state index is -0.343. The van der Waals surface area contributed by atoms with Crippen molar-refractivity contribution in [2.24, 2.45) is 23.2 Å². The smallest absolute Gasteiger partial charge is 0.247 e. The molecular weight excluding hydrogens is 360 g/mol. The molecule has 4 nitrogen and oxygen atoms in total. The molecule has 5 heteroatoms. The van der Waals surface area contributed by atoms with E-state index in [1.54, 1.807) is 12.1 Å². The van der Waals surface area contributed by atoms with Crippen LogP contribution in [0.3, 0.4) is 0 Å². The van der Waals surface area contributed by atoms with Crippen LogP contribution in [0.2, 0.25) is 5.02 Å². The molecule has 4 saturated carbocycles. The lowest BCUT2D eigenvalue weighted by Crippen LogP contribution is -2.56. The third-order valence-corrected chi connectivity index (χ3v) is 7.64. The molecule has 2 amide bonds. The average molecular weight is 387 g/mol. The second kappa shape index (κ2) is 6.51. The highest BCUT2D eigenvalue weighted by atomic mass is 35.5. The fourth-order valence-electron chi connectivity index (χ4n) is 6.75. The van der Waals surface area contributed by atoms with E-state index in [-0.39, 0.29) is 23.3 Å². The van der Waals surface area contributed by atoms with Crippen molar-refractivity contribution < 1.29 is 9.59 Å². The summed E-state index contributed by atoms with van der Waals surface area (Å²) >= 11 is 6.03. The van der Waals surface area contributed by atoms with Crippen molar-refractivity contribution in [3.05, 3.63) is 29.3 Å². The average Bonchev–Trinajstić information content (AvgIpc) is 3.09. The Morgan fingerprint density at radius 1 is 1.07 bits per heavy atom. The summed E-state index contributed by atoms with van der Waals surface area (Å²) in [5, 5.41) is 3.56. The van der Waals surface area contributed by atoms with Gasteiger partial charge in [0.15, 0.2) is 0 Å². The number of amides is 2. The first-order valence-corrected chi connectivity index (χ1v) is 10.8. The summed E-state index contributed by atoms with van der Waals surface area (Å²) in [6.45, 7) is 0.716. The van der Waals surface area contributed by atoms with Gasteiger partial charge < -0.3 is 10.2 Å². The van der Waals surface area contributed by atoms with E-state index in [0.29, 0.717) is 17.3 Å². The molecular formula is C22H27ClN2O2. The van der Waals surface area contributed by atoms with E-state index in [0.717, 1.165) is 49.9 Å². The molecule has 144 valence electrons. The fourth-order valence-corrected chi connectivity index (χ4v) is 6.94. The van der Waals surface area contributed by atoms with Gasteiger partial charge in [0.05, 0.1) is 5.41 Å². The van der Waals surface area contributed by atoms with Crippen molar-refractivity contribution in [3.63, 3.8) is 0 Å². The zero-order valence-corrected chi connectivity index (χ0v) is 16.4. The van der Waals surface area contributed by atoms with Gasteiger partial charge in [-0.25, -0.2) is 0 Å². The number of likely N-dealkylation sites (tertiary alicyclic amines) is 1. The largest absolute Gasteiger partial charge is 0.330 e. The molecule has 1 aromatic carbocycles. The van der Waals surface area contributed by atoms with Crippen molar-refractivity contribution in [2.45, 2.75) is 57.4 Å². The number of nitrogens with zero attached hydrogens (tertiary/aromatic N) is 1. The first-order valence-electron chi connectivity index (χ1n) is 10.4. The van der Waals surface area contributed by atoms with Gasteiger partial charge in [-0.3, -0.25) is 9.59 Å². The van der Waals surface area contributed by atoms with Crippen LogP contribution < -0.4 is 5.32 Å². The minimum Gasteiger partial charge on any atom is -0.330 e. The molecule has 5 fully saturated rings. The molecule has 27 heavy (non-hydrogen) atoms. The number of hydrogen-bond acceptors (Lipinski definition) is 2. The highest BCUT2D eigenvalue weighted by molar-refractivity contribution is 6.30. The maximum absolute atomic E-state index is 13.6. The summed E-state index contributed by atoms with van der Waals surface area (Å²) in [6, 6.07) is 6.86. The SMILES string of the molecule is O=C(Nc1cccc(Cl)c1)C1CCCN1C(=O)C12CC3CC(CC(C3)C1)C2. The number of nitrogens with one attached hydrogen (secondary N) is 1. The number of carbonyl (C=O) groups excluding carboxylic acids is 2. The summed E-state index contributed by atoms with van der Waals surface area (Å²) < 4.78 is 0. The van der Waals surface area contributed by atoms with Gasteiger partial charge in [0.2, 0.25) is 11.8 Å². The summed E-state index contributed by atoms with van der Waals surface area (Å²) in [7, 11) is 0. The van der Waals surface area contributed by atoms with Crippen molar-refractivity contribution in [2.75, 3.05) is 11.9 Å². The van der Waals surface area contributed by atoms with Gasteiger partial charge in [-0.2, -0.15) is 0 Å². The van der Waals surface area contributed by atoms with Crippen molar-refractivity contribution in [1.82, 2.24) is 4.90 Å². The van der Waals surface area contributed by atoms with Crippen LogP contribution in [0, 0.1) is 23.2 Å². The number of hydrogen-bond donors (Lipinski definition) is 1.